The van der Waals surface area contributed by atoms with Crippen molar-refractivity contribution in [1.29, 1.82) is 0 Å². The Morgan fingerprint density at radius 2 is 1.31 bits per heavy atom. The third kappa shape index (κ3) is 2.28. The fourth-order valence-corrected chi connectivity index (χ4v) is 1.37. The van der Waals surface area contributed by atoms with Crippen molar-refractivity contribution in [2.75, 3.05) is 0 Å². The van der Waals surface area contributed by atoms with E-state index in [0.29, 0.717) is 0 Å². The highest BCUT2D eigenvalue weighted by Gasteiger charge is 1.98. The zero-order chi connectivity index (χ0) is 11.4. The van der Waals surface area contributed by atoms with E-state index in [4.69, 9.17) is 0 Å². The molecule has 4 heteroatoms. The molecule has 82 valence electrons. The standard InChI is InChI=1S/C12H14N4/c1-9(11-5-3-7-13-11)15-16-10(2)12-6-4-8-14-12/h3-8,13-14H,1-2H3/b15-9+,16-10+. The molecule has 0 saturated carbocycles. The van der Waals surface area contributed by atoms with Gasteiger partial charge in [-0.2, -0.15) is 10.2 Å². The van der Waals surface area contributed by atoms with Crippen molar-refractivity contribution in [2.45, 2.75) is 13.8 Å². The minimum atomic E-state index is 0.871. The molecule has 0 fully saturated rings. The summed E-state index contributed by atoms with van der Waals surface area (Å²) in [7, 11) is 0. The summed E-state index contributed by atoms with van der Waals surface area (Å²) >= 11 is 0. The second-order valence-corrected chi connectivity index (χ2v) is 3.54. The summed E-state index contributed by atoms with van der Waals surface area (Å²) in [5.41, 5.74) is 3.72. The predicted octanol–water partition coefficient (Wildman–Crippen LogP) is 2.58. The molecule has 2 aromatic heterocycles. The number of nitrogens with one attached hydrogen (secondary N) is 2. The van der Waals surface area contributed by atoms with E-state index >= 15 is 0 Å². The van der Waals surface area contributed by atoms with Gasteiger partial charge in [0.25, 0.3) is 0 Å². The van der Waals surface area contributed by atoms with E-state index in [9.17, 15) is 0 Å². The van der Waals surface area contributed by atoms with Crippen LogP contribution in [0.25, 0.3) is 0 Å². The molecule has 2 heterocycles. The van der Waals surface area contributed by atoms with Gasteiger partial charge in [0.1, 0.15) is 0 Å². The molecule has 0 aliphatic carbocycles. The van der Waals surface area contributed by atoms with Crippen molar-refractivity contribution in [3.8, 4) is 0 Å². The maximum Gasteiger partial charge on any atom is 0.0833 e. The largest absolute Gasteiger partial charge is 0.360 e. The number of hydrogen-bond acceptors (Lipinski definition) is 2. The highest BCUT2D eigenvalue weighted by molar-refractivity contribution is 6.00. The first kappa shape index (κ1) is 10.4. The van der Waals surface area contributed by atoms with E-state index in [1.165, 1.54) is 0 Å². The molecule has 0 unspecified atom stereocenters. The SMILES string of the molecule is C/C(=N\N=C(/C)c1ccc[nH]1)c1ccc[nH]1. The van der Waals surface area contributed by atoms with Gasteiger partial charge >= 0.3 is 0 Å². The summed E-state index contributed by atoms with van der Waals surface area (Å²) in [5, 5.41) is 8.35. The number of hydrogen-bond donors (Lipinski definition) is 2. The van der Waals surface area contributed by atoms with Crippen LogP contribution in [0.1, 0.15) is 25.2 Å². The number of H-pyrrole nitrogens is 2. The molecular weight excluding hydrogens is 200 g/mol. The molecule has 2 aromatic rings. The summed E-state index contributed by atoms with van der Waals surface area (Å²) in [6, 6.07) is 7.82. The zero-order valence-corrected chi connectivity index (χ0v) is 9.36. The molecule has 0 aliphatic rings. The second kappa shape index (κ2) is 4.61. The minimum absolute atomic E-state index is 0.871. The Hall–Kier alpha value is -2.10. The molecule has 2 rings (SSSR count). The fraction of sp³-hybridized carbons (Fsp3) is 0.167. The van der Waals surface area contributed by atoms with Crippen LogP contribution >= 0.6 is 0 Å². The third-order valence-electron chi connectivity index (χ3n) is 2.33. The van der Waals surface area contributed by atoms with Gasteiger partial charge in [0.2, 0.25) is 0 Å². The van der Waals surface area contributed by atoms with Gasteiger partial charge in [-0.1, -0.05) is 0 Å². The predicted molar refractivity (Wildman–Crippen MR) is 66.0 cm³/mol. The average Bonchev–Trinajstić information content (AvgIpc) is 2.95. The van der Waals surface area contributed by atoms with Crippen molar-refractivity contribution in [2.24, 2.45) is 10.2 Å². The highest BCUT2D eigenvalue weighted by Crippen LogP contribution is 2.00. The van der Waals surface area contributed by atoms with Gasteiger partial charge in [0.15, 0.2) is 0 Å². The van der Waals surface area contributed by atoms with Crippen LogP contribution in [0.15, 0.2) is 46.9 Å². The zero-order valence-electron chi connectivity index (χ0n) is 9.36. The van der Waals surface area contributed by atoms with Crippen LogP contribution in [0.5, 0.6) is 0 Å². The van der Waals surface area contributed by atoms with Crippen LogP contribution in [-0.4, -0.2) is 21.4 Å². The first-order valence-corrected chi connectivity index (χ1v) is 5.14. The number of rotatable bonds is 3. The first-order valence-electron chi connectivity index (χ1n) is 5.14. The lowest BCUT2D eigenvalue weighted by Gasteiger charge is -1.95. The number of nitrogens with zero attached hydrogens (tertiary/aromatic N) is 2. The molecule has 0 radical (unpaired) electrons. The lowest BCUT2D eigenvalue weighted by Crippen LogP contribution is -1.97. The Balaban J connectivity index is 2.17. The van der Waals surface area contributed by atoms with E-state index < -0.39 is 0 Å². The number of aromatic amines is 2. The normalized spacial score (nSPS) is 13.1. The second-order valence-electron chi connectivity index (χ2n) is 3.54. The van der Waals surface area contributed by atoms with Crippen LogP contribution in [0.3, 0.4) is 0 Å². The monoisotopic (exact) mass is 214 g/mol. The van der Waals surface area contributed by atoms with E-state index in [-0.39, 0.29) is 0 Å². The van der Waals surface area contributed by atoms with Gasteiger partial charge in [-0.3, -0.25) is 0 Å². The highest BCUT2D eigenvalue weighted by atomic mass is 15.2. The topological polar surface area (TPSA) is 56.3 Å². The Labute approximate surface area is 94.1 Å². The van der Waals surface area contributed by atoms with E-state index in [1.807, 2.05) is 50.5 Å². The van der Waals surface area contributed by atoms with Crippen LogP contribution in [0.2, 0.25) is 0 Å². The molecule has 4 nitrogen and oxygen atoms in total. The molecule has 0 aromatic carbocycles. The summed E-state index contributed by atoms with van der Waals surface area (Å²) in [4.78, 5) is 6.18. The maximum atomic E-state index is 4.18. The van der Waals surface area contributed by atoms with E-state index in [1.54, 1.807) is 0 Å². The molecule has 2 N–H and O–H groups in total. The lowest BCUT2D eigenvalue weighted by atomic mass is 10.3. The Morgan fingerprint density at radius 3 is 1.62 bits per heavy atom. The molecule has 0 spiro atoms. The summed E-state index contributed by atoms with van der Waals surface area (Å²) in [6.07, 6.45) is 3.74. The van der Waals surface area contributed by atoms with Crippen molar-refractivity contribution in [3.05, 3.63) is 48.0 Å². The first-order chi connectivity index (χ1) is 7.77. The van der Waals surface area contributed by atoms with E-state index in [0.717, 1.165) is 22.8 Å². The Bertz CT molecular complexity index is 441. The molecule has 0 bridgehead atoms. The summed E-state index contributed by atoms with van der Waals surface area (Å²) < 4.78 is 0. The van der Waals surface area contributed by atoms with Gasteiger partial charge < -0.3 is 9.97 Å². The van der Waals surface area contributed by atoms with Crippen LogP contribution < -0.4 is 0 Å². The van der Waals surface area contributed by atoms with Crippen molar-refractivity contribution in [1.82, 2.24) is 9.97 Å². The Morgan fingerprint density at radius 1 is 0.875 bits per heavy atom. The molecule has 16 heavy (non-hydrogen) atoms. The van der Waals surface area contributed by atoms with Crippen molar-refractivity contribution in [3.63, 3.8) is 0 Å². The Kier molecular flexibility index (Phi) is 3.00. The summed E-state index contributed by atoms with van der Waals surface area (Å²) in [6.45, 7) is 3.86. The smallest absolute Gasteiger partial charge is 0.0833 e. The van der Waals surface area contributed by atoms with Gasteiger partial charge in [-0.15, -0.1) is 0 Å². The lowest BCUT2D eigenvalue weighted by molar-refractivity contribution is 1.19. The average molecular weight is 214 g/mol. The molecule has 0 amide bonds. The van der Waals surface area contributed by atoms with Gasteiger partial charge in [0.05, 0.1) is 22.8 Å². The van der Waals surface area contributed by atoms with Crippen LogP contribution in [-0.2, 0) is 0 Å². The molecule has 0 aliphatic heterocycles. The van der Waals surface area contributed by atoms with Crippen molar-refractivity contribution >= 4 is 11.4 Å². The quantitative estimate of drug-likeness (QED) is 0.583. The van der Waals surface area contributed by atoms with E-state index in [2.05, 4.69) is 20.2 Å². The van der Waals surface area contributed by atoms with Crippen LogP contribution in [0.4, 0.5) is 0 Å². The summed E-state index contributed by atoms with van der Waals surface area (Å²) in [5.74, 6) is 0. The van der Waals surface area contributed by atoms with Gasteiger partial charge in [-0.05, 0) is 38.1 Å². The molecular formula is C12H14N4. The maximum absolute atomic E-state index is 4.18. The third-order valence-corrected chi connectivity index (χ3v) is 2.33. The molecule has 0 saturated heterocycles. The van der Waals surface area contributed by atoms with Gasteiger partial charge in [0, 0.05) is 12.4 Å². The minimum Gasteiger partial charge on any atom is -0.360 e. The van der Waals surface area contributed by atoms with Gasteiger partial charge in [-0.25, -0.2) is 0 Å². The van der Waals surface area contributed by atoms with Crippen molar-refractivity contribution < 1.29 is 0 Å². The fourth-order valence-electron chi connectivity index (χ4n) is 1.37. The van der Waals surface area contributed by atoms with Crippen LogP contribution in [0, 0.1) is 0 Å². The molecule has 0 atom stereocenters. The number of aromatic nitrogens is 2.